The van der Waals surface area contributed by atoms with E-state index in [4.69, 9.17) is 10.8 Å². The van der Waals surface area contributed by atoms with E-state index in [1.807, 2.05) is 0 Å². The van der Waals surface area contributed by atoms with Crippen molar-refractivity contribution in [2.24, 2.45) is 11.7 Å². The summed E-state index contributed by atoms with van der Waals surface area (Å²) < 4.78 is 0. The Hall–Kier alpha value is -0.570. The second-order valence-electron chi connectivity index (χ2n) is 3.60. The van der Waals surface area contributed by atoms with Gasteiger partial charge < -0.3 is 10.8 Å². The normalized spacial score (nSPS) is 15.3. The fourth-order valence-corrected chi connectivity index (χ4v) is 1.44. The molecule has 0 amide bonds. The van der Waals surface area contributed by atoms with Gasteiger partial charge in [-0.25, -0.2) is 0 Å². The third-order valence-electron chi connectivity index (χ3n) is 2.45. The quantitative estimate of drug-likeness (QED) is 0.640. The maximum atomic E-state index is 10.5. The zero-order valence-corrected chi connectivity index (χ0v) is 8.62. The summed E-state index contributed by atoms with van der Waals surface area (Å²) in [5, 5.41) is 8.63. The largest absolute Gasteiger partial charge is 0.480 e. The van der Waals surface area contributed by atoms with Crippen LogP contribution in [0.1, 0.15) is 46.0 Å². The van der Waals surface area contributed by atoms with Crippen molar-refractivity contribution in [3.05, 3.63) is 0 Å². The molecular formula is C10H21NO2. The molecule has 0 saturated heterocycles. The maximum absolute atomic E-state index is 10.5. The summed E-state index contributed by atoms with van der Waals surface area (Å²) >= 11 is 0. The zero-order chi connectivity index (χ0) is 10.3. The number of hydrogen-bond acceptors (Lipinski definition) is 2. The Balaban J connectivity index is 3.75. The SMILES string of the molecule is CCCCC(CC)C[C@H](N)C(=O)O. The van der Waals surface area contributed by atoms with Gasteiger partial charge in [-0.1, -0.05) is 39.5 Å². The topological polar surface area (TPSA) is 63.3 Å². The van der Waals surface area contributed by atoms with Crippen LogP contribution in [0.5, 0.6) is 0 Å². The molecule has 1 unspecified atom stereocenters. The van der Waals surface area contributed by atoms with Crippen LogP contribution in [0.25, 0.3) is 0 Å². The van der Waals surface area contributed by atoms with E-state index in [1.165, 1.54) is 12.8 Å². The summed E-state index contributed by atoms with van der Waals surface area (Å²) in [7, 11) is 0. The maximum Gasteiger partial charge on any atom is 0.320 e. The number of carboxylic acids is 1. The number of rotatable bonds is 7. The van der Waals surface area contributed by atoms with E-state index >= 15 is 0 Å². The minimum Gasteiger partial charge on any atom is -0.480 e. The van der Waals surface area contributed by atoms with Crippen molar-refractivity contribution in [3.8, 4) is 0 Å². The molecule has 78 valence electrons. The minimum atomic E-state index is -0.880. The Bertz CT molecular complexity index is 148. The number of aliphatic carboxylic acids is 1. The van der Waals surface area contributed by atoms with Gasteiger partial charge in [0.15, 0.2) is 0 Å². The van der Waals surface area contributed by atoms with Gasteiger partial charge >= 0.3 is 5.97 Å². The molecule has 0 heterocycles. The molecule has 0 radical (unpaired) electrons. The molecule has 3 heteroatoms. The monoisotopic (exact) mass is 187 g/mol. The molecule has 2 atom stereocenters. The first-order valence-corrected chi connectivity index (χ1v) is 5.10. The summed E-state index contributed by atoms with van der Waals surface area (Å²) in [4.78, 5) is 10.5. The van der Waals surface area contributed by atoms with Gasteiger partial charge in [-0.2, -0.15) is 0 Å². The Morgan fingerprint density at radius 2 is 2.08 bits per heavy atom. The van der Waals surface area contributed by atoms with E-state index in [9.17, 15) is 4.79 Å². The zero-order valence-electron chi connectivity index (χ0n) is 8.62. The van der Waals surface area contributed by atoms with E-state index in [1.54, 1.807) is 0 Å². The molecule has 3 nitrogen and oxygen atoms in total. The lowest BCUT2D eigenvalue weighted by molar-refractivity contribution is -0.139. The molecule has 0 saturated carbocycles. The summed E-state index contributed by atoms with van der Waals surface area (Å²) in [5.74, 6) is -0.402. The van der Waals surface area contributed by atoms with E-state index in [0.717, 1.165) is 12.8 Å². The molecular weight excluding hydrogens is 166 g/mol. The van der Waals surface area contributed by atoms with Crippen LogP contribution in [-0.2, 0) is 4.79 Å². The van der Waals surface area contributed by atoms with E-state index in [-0.39, 0.29) is 0 Å². The van der Waals surface area contributed by atoms with Crippen LogP contribution in [0.15, 0.2) is 0 Å². The molecule has 3 N–H and O–H groups in total. The van der Waals surface area contributed by atoms with E-state index in [0.29, 0.717) is 12.3 Å². The fourth-order valence-electron chi connectivity index (χ4n) is 1.44. The van der Waals surface area contributed by atoms with Crippen LogP contribution in [0.2, 0.25) is 0 Å². The average molecular weight is 187 g/mol. The first-order valence-electron chi connectivity index (χ1n) is 5.10. The molecule has 0 aliphatic rings. The molecule has 0 rings (SSSR count). The van der Waals surface area contributed by atoms with Gasteiger partial charge in [-0.05, 0) is 12.3 Å². The molecule has 0 aromatic carbocycles. The number of carbonyl (C=O) groups is 1. The molecule has 0 aliphatic heterocycles. The molecule has 0 bridgehead atoms. The summed E-state index contributed by atoms with van der Waals surface area (Å²) in [6.45, 7) is 4.23. The van der Waals surface area contributed by atoms with Gasteiger partial charge in [0, 0.05) is 0 Å². The third kappa shape index (κ3) is 5.64. The smallest absolute Gasteiger partial charge is 0.320 e. The van der Waals surface area contributed by atoms with Gasteiger partial charge in [-0.3, -0.25) is 4.79 Å². The van der Waals surface area contributed by atoms with Crippen LogP contribution >= 0.6 is 0 Å². The minimum absolute atomic E-state index is 0.478. The standard InChI is InChI=1S/C10H21NO2/c1-3-5-6-8(4-2)7-9(11)10(12)13/h8-9H,3-7,11H2,1-2H3,(H,12,13)/t8?,9-/m0/s1. The summed E-state index contributed by atoms with van der Waals surface area (Å²) in [6, 6.07) is -0.679. The molecule has 0 fully saturated rings. The Labute approximate surface area is 80.3 Å². The first-order chi connectivity index (χ1) is 6.11. The van der Waals surface area contributed by atoms with Crippen molar-refractivity contribution in [1.82, 2.24) is 0 Å². The van der Waals surface area contributed by atoms with Crippen molar-refractivity contribution in [2.45, 2.75) is 52.0 Å². The lowest BCUT2D eigenvalue weighted by Gasteiger charge is -2.16. The highest BCUT2D eigenvalue weighted by molar-refractivity contribution is 5.72. The van der Waals surface area contributed by atoms with Crippen molar-refractivity contribution in [2.75, 3.05) is 0 Å². The molecule has 0 aromatic heterocycles. The lowest BCUT2D eigenvalue weighted by Crippen LogP contribution is -2.32. The first kappa shape index (κ1) is 12.4. The Morgan fingerprint density at radius 3 is 2.46 bits per heavy atom. The van der Waals surface area contributed by atoms with E-state index in [2.05, 4.69) is 13.8 Å². The van der Waals surface area contributed by atoms with Gasteiger partial charge in [0.2, 0.25) is 0 Å². The third-order valence-corrected chi connectivity index (χ3v) is 2.45. The van der Waals surface area contributed by atoms with Gasteiger partial charge in [-0.15, -0.1) is 0 Å². The van der Waals surface area contributed by atoms with Crippen molar-refractivity contribution >= 4 is 5.97 Å². The van der Waals surface area contributed by atoms with Crippen molar-refractivity contribution in [3.63, 3.8) is 0 Å². The van der Waals surface area contributed by atoms with Crippen molar-refractivity contribution < 1.29 is 9.90 Å². The molecule has 0 aliphatic carbocycles. The van der Waals surface area contributed by atoms with Gasteiger partial charge in [0.25, 0.3) is 0 Å². The predicted molar refractivity (Wildman–Crippen MR) is 53.5 cm³/mol. The van der Waals surface area contributed by atoms with Crippen LogP contribution in [0, 0.1) is 5.92 Å². The molecule has 0 spiro atoms. The number of carboxylic acid groups (broad SMARTS) is 1. The summed E-state index contributed by atoms with van der Waals surface area (Å²) in [5.41, 5.74) is 5.47. The predicted octanol–water partition coefficient (Wildman–Crippen LogP) is 2.00. The number of hydrogen-bond donors (Lipinski definition) is 2. The van der Waals surface area contributed by atoms with Crippen LogP contribution < -0.4 is 5.73 Å². The van der Waals surface area contributed by atoms with Crippen molar-refractivity contribution in [1.29, 1.82) is 0 Å². The average Bonchev–Trinajstić information content (AvgIpc) is 2.11. The highest BCUT2D eigenvalue weighted by Gasteiger charge is 2.16. The second-order valence-corrected chi connectivity index (χ2v) is 3.60. The Kier molecular flexibility index (Phi) is 6.59. The lowest BCUT2D eigenvalue weighted by atomic mass is 9.92. The van der Waals surface area contributed by atoms with Crippen LogP contribution in [0.3, 0.4) is 0 Å². The summed E-state index contributed by atoms with van der Waals surface area (Å²) in [6.07, 6.45) is 5.09. The van der Waals surface area contributed by atoms with Gasteiger partial charge in [0.05, 0.1) is 0 Å². The fraction of sp³-hybridized carbons (Fsp3) is 0.900. The second kappa shape index (κ2) is 6.89. The van der Waals surface area contributed by atoms with Gasteiger partial charge in [0.1, 0.15) is 6.04 Å². The molecule has 0 aromatic rings. The highest BCUT2D eigenvalue weighted by atomic mass is 16.4. The number of unbranched alkanes of at least 4 members (excludes halogenated alkanes) is 1. The Morgan fingerprint density at radius 1 is 1.46 bits per heavy atom. The van der Waals surface area contributed by atoms with Crippen LogP contribution in [0.4, 0.5) is 0 Å². The van der Waals surface area contributed by atoms with Crippen LogP contribution in [-0.4, -0.2) is 17.1 Å². The molecule has 13 heavy (non-hydrogen) atoms. The van der Waals surface area contributed by atoms with E-state index < -0.39 is 12.0 Å². The highest BCUT2D eigenvalue weighted by Crippen LogP contribution is 2.17. The number of nitrogens with two attached hydrogens (primary N) is 1.